The number of amides is 4. The topological polar surface area (TPSA) is 94.2 Å². The molecule has 3 fully saturated rings. The number of nitrogens with one attached hydrogen (secondary N) is 2. The fourth-order valence-corrected chi connectivity index (χ4v) is 5.04. The third-order valence-electron chi connectivity index (χ3n) is 7.11. The van der Waals surface area contributed by atoms with E-state index in [0.29, 0.717) is 24.4 Å². The van der Waals surface area contributed by atoms with Crippen molar-refractivity contribution >= 4 is 29.2 Å². The second-order valence-electron chi connectivity index (χ2n) is 9.45. The van der Waals surface area contributed by atoms with Crippen LogP contribution in [0.4, 0.5) is 16.2 Å². The van der Waals surface area contributed by atoms with Crippen LogP contribution in [-0.4, -0.2) is 79.7 Å². The first kappa shape index (κ1) is 23.5. The van der Waals surface area contributed by atoms with Crippen LogP contribution in [0.2, 0.25) is 0 Å². The van der Waals surface area contributed by atoms with Crippen molar-refractivity contribution in [2.45, 2.75) is 44.6 Å². The Balaban J connectivity index is 1.27. The van der Waals surface area contributed by atoms with Crippen molar-refractivity contribution in [3.8, 4) is 0 Å². The lowest BCUT2D eigenvalue weighted by Crippen LogP contribution is -2.50. The molecule has 1 saturated carbocycles. The van der Waals surface area contributed by atoms with Gasteiger partial charge < -0.3 is 20.3 Å². The second kappa shape index (κ2) is 10.1. The maximum absolute atomic E-state index is 13.1. The van der Waals surface area contributed by atoms with Gasteiger partial charge in [0, 0.05) is 24.5 Å². The molecule has 0 bridgehead atoms. The first-order chi connectivity index (χ1) is 15.9. The lowest BCUT2D eigenvalue weighted by molar-refractivity contribution is -0.134. The Hall–Kier alpha value is -2.65. The van der Waals surface area contributed by atoms with Gasteiger partial charge in [-0.1, -0.05) is 13.3 Å². The number of ether oxygens (including phenoxy) is 1. The van der Waals surface area contributed by atoms with Crippen LogP contribution in [0.3, 0.4) is 0 Å². The summed E-state index contributed by atoms with van der Waals surface area (Å²) >= 11 is 0. The quantitative estimate of drug-likeness (QED) is 0.610. The normalized spacial score (nSPS) is 25.6. The van der Waals surface area contributed by atoms with Crippen LogP contribution in [0.1, 0.15) is 39.0 Å². The Morgan fingerprint density at radius 3 is 2.48 bits per heavy atom. The van der Waals surface area contributed by atoms with E-state index in [4.69, 9.17) is 4.74 Å². The molecule has 9 heteroatoms. The summed E-state index contributed by atoms with van der Waals surface area (Å²) in [6, 6.07) is 7.39. The molecule has 2 saturated heterocycles. The highest BCUT2D eigenvalue weighted by Crippen LogP contribution is 2.37. The smallest absolute Gasteiger partial charge is 0.326 e. The Morgan fingerprint density at radius 2 is 1.85 bits per heavy atom. The summed E-state index contributed by atoms with van der Waals surface area (Å²) < 4.78 is 5.38. The van der Waals surface area contributed by atoms with E-state index < -0.39 is 5.54 Å². The minimum absolute atomic E-state index is 0.0766. The minimum atomic E-state index is -0.756. The SMILES string of the molecule is CCC1CCC2(CC1)NC(=O)N(CN(C)CC(=O)Nc1ccc(N3CCOCC3)cc1)C2=O. The highest BCUT2D eigenvalue weighted by molar-refractivity contribution is 6.07. The maximum atomic E-state index is 13.1. The maximum Gasteiger partial charge on any atom is 0.326 e. The van der Waals surface area contributed by atoms with Crippen LogP contribution in [0, 0.1) is 5.92 Å². The summed E-state index contributed by atoms with van der Waals surface area (Å²) in [5, 5.41) is 5.83. The lowest BCUT2D eigenvalue weighted by atomic mass is 9.75. The third kappa shape index (κ3) is 5.30. The van der Waals surface area contributed by atoms with Crippen LogP contribution in [-0.2, 0) is 14.3 Å². The number of carbonyl (C=O) groups excluding carboxylic acids is 3. The van der Waals surface area contributed by atoms with Gasteiger partial charge >= 0.3 is 6.03 Å². The van der Waals surface area contributed by atoms with Crippen molar-refractivity contribution in [2.75, 3.05) is 56.8 Å². The van der Waals surface area contributed by atoms with Gasteiger partial charge in [0.2, 0.25) is 5.91 Å². The largest absolute Gasteiger partial charge is 0.378 e. The number of urea groups is 1. The van der Waals surface area contributed by atoms with E-state index in [0.717, 1.165) is 51.3 Å². The molecule has 1 spiro atoms. The van der Waals surface area contributed by atoms with E-state index in [2.05, 4.69) is 22.5 Å². The summed E-state index contributed by atoms with van der Waals surface area (Å²) in [6.45, 7) is 5.51. The third-order valence-corrected chi connectivity index (χ3v) is 7.11. The molecule has 0 atom stereocenters. The van der Waals surface area contributed by atoms with Crippen molar-refractivity contribution in [2.24, 2.45) is 5.92 Å². The number of rotatable bonds is 7. The molecular weight excluding hydrogens is 422 g/mol. The van der Waals surface area contributed by atoms with Gasteiger partial charge in [-0.05, 0) is 62.9 Å². The van der Waals surface area contributed by atoms with Crippen LogP contribution in [0.25, 0.3) is 0 Å². The van der Waals surface area contributed by atoms with Gasteiger partial charge in [-0.15, -0.1) is 0 Å². The summed E-state index contributed by atoms with van der Waals surface area (Å²) in [4.78, 5) is 43.3. The molecule has 4 amide bonds. The van der Waals surface area contributed by atoms with Gasteiger partial charge in [-0.25, -0.2) is 9.69 Å². The van der Waals surface area contributed by atoms with E-state index in [1.807, 2.05) is 24.3 Å². The van der Waals surface area contributed by atoms with Gasteiger partial charge in [0.05, 0.1) is 26.4 Å². The first-order valence-corrected chi connectivity index (χ1v) is 12.0. The zero-order valence-electron chi connectivity index (χ0n) is 19.6. The molecule has 0 unspecified atom stereocenters. The molecule has 1 aromatic rings. The molecule has 1 aliphatic carbocycles. The van der Waals surface area contributed by atoms with Gasteiger partial charge in [-0.2, -0.15) is 0 Å². The standard InChI is InChI=1S/C24H35N5O4/c1-3-18-8-10-24(11-9-18)22(31)29(23(32)26-24)17-27(2)16-21(30)25-19-4-6-20(7-5-19)28-12-14-33-15-13-28/h4-7,18H,3,8-17H2,1-2H3,(H,25,30)(H,26,32). The number of hydrogen-bond acceptors (Lipinski definition) is 6. The molecule has 2 heterocycles. The monoisotopic (exact) mass is 457 g/mol. The number of carbonyl (C=O) groups is 3. The van der Waals surface area contributed by atoms with Crippen molar-refractivity contribution in [3.63, 3.8) is 0 Å². The Labute approximate surface area is 195 Å². The number of benzene rings is 1. The lowest BCUT2D eigenvalue weighted by Gasteiger charge is -2.34. The number of imide groups is 1. The van der Waals surface area contributed by atoms with E-state index in [1.54, 1.807) is 11.9 Å². The number of likely N-dealkylation sites (N-methyl/N-ethyl adjacent to an activating group) is 1. The number of hydrogen-bond donors (Lipinski definition) is 2. The summed E-state index contributed by atoms with van der Waals surface area (Å²) in [5.41, 5.74) is 1.06. The molecule has 180 valence electrons. The highest BCUT2D eigenvalue weighted by Gasteiger charge is 2.52. The molecule has 4 rings (SSSR count). The molecular formula is C24H35N5O4. The molecule has 9 nitrogen and oxygen atoms in total. The van der Waals surface area contributed by atoms with Crippen molar-refractivity contribution in [3.05, 3.63) is 24.3 Å². The van der Waals surface area contributed by atoms with Crippen LogP contribution in [0.5, 0.6) is 0 Å². The Bertz CT molecular complexity index is 860. The van der Waals surface area contributed by atoms with E-state index in [-0.39, 0.29) is 31.1 Å². The van der Waals surface area contributed by atoms with Gasteiger partial charge in [0.1, 0.15) is 5.54 Å². The van der Waals surface area contributed by atoms with E-state index in [1.165, 1.54) is 4.90 Å². The molecule has 33 heavy (non-hydrogen) atoms. The molecule has 3 aliphatic rings. The van der Waals surface area contributed by atoms with Gasteiger partial charge in [-0.3, -0.25) is 14.5 Å². The van der Waals surface area contributed by atoms with Crippen molar-refractivity contribution in [1.29, 1.82) is 0 Å². The Kier molecular flexibility index (Phi) is 7.19. The predicted molar refractivity (Wildman–Crippen MR) is 126 cm³/mol. The summed E-state index contributed by atoms with van der Waals surface area (Å²) in [7, 11) is 1.74. The summed E-state index contributed by atoms with van der Waals surface area (Å²) in [5.74, 6) is 0.276. The number of nitrogens with zero attached hydrogens (tertiary/aromatic N) is 3. The summed E-state index contributed by atoms with van der Waals surface area (Å²) in [6.07, 6.45) is 4.40. The van der Waals surface area contributed by atoms with E-state index in [9.17, 15) is 14.4 Å². The van der Waals surface area contributed by atoms with Crippen LogP contribution >= 0.6 is 0 Å². The highest BCUT2D eigenvalue weighted by atomic mass is 16.5. The number of anilines is 2. The van der Waals surface area contributed by atoms with Gasteiger partial charge in [0.25, 0.3) is 5.91 Å². The van der Waals surface area contributed by atoms with Crippen molar-refractivity contribution < 1.29 is 19.1 Å². The van der Waals surface area contributed by atoms with E-state index >= 15 is 0 Å². The van der Waals surface area contributed by atoms with Crippen LogP contribution in [0.15, 0.2) is 24.3 Å². The Morgan fingerprint density at radius 1 is 1.18 bits per heavy atom. The zero-order valence-corrected chi connectivity index (χ0v) is 19.6. The molecule has 2 N–H and O–H groups in total. The fraction of sp³-hybridized carbons (Fsp3) is 0.625. The minimum Gasteiger partial charge on any atom is -0.378 e. The zero-order chi connectivity index (χ0) is 23.4. The fourth-order valence-electron chi connectivity index (χ4n) is 5.04. The molecule has 0 aromatic heterocycles. The number of morpholine rings is 1. The van der Waals surface area contributed by atoms with Crippen molar-refractivity contribution in [1.82, 2.24) is 15.1 Å². The molecule has 2 aliphatic heterocycles. The van der Waals surface area contributed by atoms with Gasteiger partial charge in [0.15, 0.2) is 0 Å². The van der Waals surface area contributed by atoms with Crippen LogP contribution < -0.4 is 15.5 Å². The molecule has 0 radical (unpaired) electrons. The average molecular weight is 458 g/mol. The first-order valence-electron chi connectivity index (χ1n) is 12.0. The predicted octanol–water partition coefficient (Wildman–Crippen LogP) is 2.24. The molecule has 1 aromatic carbocycles. The second-order valence-corrected chi connectivity index (χ2v) is 9.45. The average Bonchev–Trinajstić information content (AvgIpc) is 3.04.